The van der Waals surface area contributed by atoms with E-state index in [-0.39, 0.29) is 30.2 Å². The predicted octanol–water partition coefficient (Wildman–Crippen LogP) is 5.08. The first kappa shape index (κ1) is 23.6. The Kier molecular flexibility index (Phi) is 6.68. The zero-order valence-electron chi connectivity index (χ0n) is 20.0. The lowest BCUT2D eigenvalue weighted by Crippen LogP contribution is -2.47. The predicted molar refractivity (Wildman–Crippen MR) is 128 cm³/mol. The van der Waals surface area contributed by atoms with Gasteiger partial charge in [0.15, 0.2) is 0 Å². The van der Waals surface area contributed by atoms with E-state index in [0.717, 1.165) is 17.8 Å². The number of benzene rings is 1. The van der Waals surface area contributed by atoms with Crippen LogP contribution in [0.5, 0.6) is 0 Å². The number of para-hydroxylation sites is 2. The highest BCUT2D eigenvalue weighted by molar-refractivity contribution is 5.99. The lowest BCUT2D eigenvalue weighted by Gasteiger charge is -2.56. The molecule has 0 saturated heterocycles. The van der Waals surface area contributed by atoms with Gasteiger partial charge in [0.1, 0.15) is 5.60 Å². The number of rotatable bonds is 7. The molecule has 0 atom stereocenters. The first-order chi connectivity index (χ1) is 15.6. The van der Waals surface area contributed by atoms with E-state index in [1.165, 1.54) is 38.5 Å². The molecule has 4 aliphatic rings. The normalized spacial score (nSPS) is 27.7. The van der Waals surface area contributed by atoms with Gasteiger partial charge in [-0.25, -0.2) is 4.79 Å². The summed E-state index contributed by atoms with van der Waals surface area (Å²) in [5.41, 5.74) is 0.767. The fourth-order valence-corrected chi connectivity index (χ4v) is 6.55. The van der Waals surface area contributed by atoms with Crippen LogP contribution in [-0.2, 0) is 14.3 Å². The van der Waals surface area contributed by atoms with Gasteiger partial charge in [0.2, 0.25) is 11.8 Å². The van der Waals surface area contributed by atoms with E-state index in [1.807, 2.05) is 18.2 Å². The molecule has 0 unspecified atom stereocenters. The van der Waals surface area contributed by atoms with Crippen molar-refractivity contribution in [2.24, 2.45) is 23.2 Å². The third kappa shape index (κ3) is 6.27. The Morgan fingerprint density at radius 3 is 1.94 bits per heavy atom. The third-order valence-corrected chi connectivity index (χ3v) is 7.20. The summed E-state index contributed by atoms with van der Waals surface area (Å²) in [6.45, 7) is 5.52. The van der Waals surface area contributed by atoms with Crippen molar-refractivity contribution in [3.05, 3.63) is 24.3 Å². The van der Waals surface area contributed by atoms with Crippen molar-refractivity contribution in [3.8, 4) is 0 Å². The second-order valence-corrected chi connectivity index (χ2v) is 11.4. The van der Waals surface area contributed by atoms with E-state index in [0.29, 0.717) is 17.8 Å². The van der Waals surface area contributed by atoms with Crippen LogP contribution in [0, 0.1) is 23.2 Å². The van der Waals surface area contributed by atoms with Crippen LogP contribution in [0.4, 0.5) is 16.2 Å². The summed E-state index contributed by atoms with van der Waals surface area (Å²) in [6, 6.07) is 7.26. The van der Waals surface area contributed by atoms with Gasteiger partial charge in [-0.05, 0) is 94.6 Å². The van der Waals surface area contributed by atoms with Crippen LogP contribution >= 0.6 is 0 Å². The van der Waals surface area contributed by atoms with Crippen molar-refractivity contribution >= 4 is 29.3 Å². The van der Waals surface area contributed by atoms with Crippen LogP contribution in [0.3, 0.4) is 0 Å². The molecule has 5 rings (SSSR count). The van der Waals surface area contributed by atoms with Gasteiger partial charge in [0.05, 0.1) is 11.4 Å². The molecule has 180 valence electrons. The summed E-state index contributed by atoms with van der Waals surface area (Å²) < 4.78 is 5.17. The van der Waals surface area contributed by atoms with E-state index in [9.17, 15) is 14.4 Å². The van der Waals surface area contributed by atoms with Gasteiger partial charge >= 0.3 is 6.09 Å². The summed E-state index contributed by atoms with van der Waals surface area (Å²) in [7, 11) is 0. The van der Waals surface area contributed by atoms with Crippen molar-refractivity contribution in [2.75, 3.05) is 17.2 Å². The van der Waals surface area contributed by atoms with Gasteiger partial charge < -0.3 is 20.7 Å². The minimum absolute atomic E-state index is 0.0326. The molecule has 4 saturated carbocycles. The van der Waals surface area contributed by atoms with E-state index >= 15 is 0 Å². The maximum atomic E-state index is 13.0. The molecule has 4 aliphatic carbocycles. The molecule has 0 spiro atoms. The number of hydrogen-bond acceptors (Lipinski definition) is 4. The van der Waals surface area contributed by atoms with E-state index in [1.54, 1.807) is 26.8 Å². The van der Waals surface area contributed by atoms with Crippen LogP contribution < -0.4 is 16.0 Å². The minimum atomic E-state index is -0.584. The van der Waals surface area contributed by atoms with E-state index < -0.39 is 11.7 Å². The summed E-state index contributed by atoms with van der Waals surface area (Å²) in [5.74, 6) is 2.22. The second-order valence-electron chi connectivity index (χ2n) is 11.4. The molecule has 4 fully saturated rings. The fourth-order valence-electron chi connectivity index (χ4n) is 6.55. The van der Waals surface area contributed by atoms with Crippen LogP contribution in [0.25, 0.3) is 0 Å². The highest BCUT2D eigenvalue weighted by Gasteiger charge is 2.51. The molecule has 33 heavy (non-hydrogen) atoms. The molecule has 3 amide bonds. The zero-order valence-corrected chi connectivity index (χ0v) is 20.0. The highest BCUT2D eigenvalue weighted by atomic mass is 16.6. The van der Waals surface area contributed by atoms with E-state index in [4.69, 9.17) is 4.74 Å². The Hall–Kier alpha value is -2.57. The monoisotopic (exact) mass is 455 g/mol. The number of carbonyl (C=O) groups excluding carboxylic acids is 3. The van der Waals surface area contributed by atoms with Crippen molar-refractivity contribution in [3.63, 3.8) is 0 Å². The average molecular weight is 456 g/mol. The summed E-state index contributed by atoms with van der Waals surface area (Å²) in [6.07, 6.45) is 7.77. The molecule has 7 heteroatoms. The summed E-state index contributed by atoms with van der Waals surface area (Å²) >= 11 is 0. The number of ether oxygens (including phenoxy) is 1. The Labute approximate surface area is 196 Å². The first-order valence-electron chi connectivity index (χ1n) is 12.2. The molecule has 0 aliphatic heterocycles. The zero-order chi connectivity index (χ0) is 23.6. The number of nitrogens with one attached hydrogen (secondary N) is 3. The largest absolute Gasteiger partial charge is 0.444 e. The number of alkyl carbamates (subject to hydrolysis) is 1. The van der Waals surface area contributed by atoms with E-state index in [2.05, 4.69) is 16.0 Å². The van der Waals surface area contributed by atoms with Crippen LogP contribution in [-0.4, -0.2) is 30.1 Å². The molecule has 1 aromatic carbocycles. The smallest absolute Gasteiger partial charge is 0.407 e. The van der Waals surface area contributed by atoms with Crippen molar-refractivity contribution in [1.29, 1.82) is 0 Å². The molecule has 0 heterocycles. The lowest BCUT2D eigenvalue weighted by atomic mass is 9.49. The summed E-state index contributed by atoms with van der Waals surface area (Å²) in [5, 5.41) is 8.48. The first-order valence-corrected chi connectivity index (χ1v) is 12.2. The van der Waals surface area contributed by atoms with Crippen LogP contribution in [0.1, 0.15) is 72.1 Å². The Balaban J connectivity index is 1.28. The number of carbonyl (C=O) groups is 3. The average Bonchev–Trinajstić information content (AvgIpc) is 2.66. The maximum Gasteiger partial charge on any atom is 0.407 e. The fraction of sp³-hybridized carbons (Fsp3) is 0.654. The van der Waals surface area contributed by atoms with Gasteiger partial charge in [-0.1, -0.05) is 12.1 Å². The molecule has 1 aromatic rings. The molecule has 4 bridgehead atoms. The standard InChI is InChI=1S/C26H37N3O4/c1-25(2,3)33-24(32)27-9-8-22(30)28-20-6-4-5-7-21(20)29-23(31)16-26-13-17-10-18(14-26)12-19(11-17)15-26/h4-7,17-19H,8-16H2,1-3H3,(H,27,32)(H,28,30)(H,29,31). The molecule has 7 nitrogen and oxygen atoms in total. The van der Waals surface area contributed by atoms with Crippen LogP contribution in [0.2, 0.25) is 0 Å². The lowest BCUT2D eigenvalue weighted by molar-refractivity contribution is -0.124. The molecule has 0 radical (unpaired) electrons. The molecular formula is C26H37N3O4. The van der Waals surface area contributed by atoms with Gasteiger partial charge in [-0.3, -0.25) is 9.59 Å². The Bertz CT molecular complexity index is 870. The van der Waals surface area contributed by atoms with Gasteiger partial charge in [0.25, 0.3) is 0 Å². The van der Waals surface area contributed by atoms with Crippen molar-refractivity contribution in [2.45, 2.75) is 77.7 Å². The minimum Gasteiger partial charge on any atom is -0.444 e. The molecule has 3 N–H and O–H groups in total. The van der Waals surface area contributed by atoms with Crippen molar-refractivity contribution < 1.29 is 19.1 Å². The number of anilines is 2. The Morgan fingerprint density at radius 2 is 1.42 bits per heavy atom. The molecule has 0 aromatic heterocycles. The van der Waals surface area contributed by atoms with Gasteiger partial charge in [-0.2, -0.15) is 0 Å². The third-order valence-electron chi connectivity index (χ3n) is 7.20. The van der Waals surface area contributed by atoms with Crippen molar-refractivity contribution in [1.82, 2.24) is 5.32 Å². The number of amides is 3. The quantitative estimate of drug-likeness (QED) is 0.534. The topological polar surface area (TPSA) is 96.5 Å². The van der Waals surface area contributed by atoms with Gasteiger partial charge in [0, 0.05) is 19.4 Å². The maximum absolute atomic E-state index is 13.0. The second kappa shape index (κ2) is 9.35. The Morgan fingerprint density at radius 1 is 0.909 bits per heavy atom. The van der Waals surface area contributed by atoms with Crippen LogP contribution in [0.15, 0.2) is 24.3 Å². The van der Waals surface area contributed by atoms with Gasteiger partial charge in [-0.15, -0.1) is 0 Å². The summed E-state index contributed by atoms with van der Waals surface area (Å²) in [4.78, 5) is 37.1. The molecular weight excluding hydrogens is 418 g/mol. The SMILES string of the molecule is CC(C)(C)OC(=O)NCCC(=O)Nc1ccccc1NC(=O)CC12CC3CC(CC(C3)C1)C2. The number of hydrogen-bond donors (Lipinski definition) is 3. The highest BCUT2D eigenvalue weighted by Crippen LogP contribution is 2.61.